The number of hydrogen-bond donors (Lipinski definition) is 1. The first-order chi connectivity index (χ1) is 6.66. The lowest BCUT2D eigenvalue weighted by atomic mass is 10.3. The molecule has 78 valence electrons. The second-order valence-electron chi connectivity index (χ2n) is 4.23. The fraction of sp³-hybridized carbons (Fsp3) is 0.700. The van der Waals surface area contributed by atoms with Crippen molar-refractivity contribution in [2.45, 2.75) is 32.7 Å². The largest absolute Gasteiger partial charge is 0.389 e. The highest BCUT2D eigenvalue weighted by molar-refractivity contribution is 7.19. The van der Waals surface area contributed by atoms with Gasteiger partial charge in [0, 0.05) is 12.6 Å². The van der Waals surface area contributed by atoms with Gasteiger partial charge in [-0.15, -0.1) is 0 Å². The molecule has 1 saturated carbocycles. The van der Waals surface area contributed by atoms with Gasteiger partial charge in [0.1, 0.15) is 5.00 Å². The van der Waals surface area contributed by atoms with Gasteiger partial charge in [0.2, 0.25) is 0 Å². The lowest BCUT2D eigenvalue weighted by Crippen LogP contribution is -2.32. The van der Waals surface area contributed by atoms with E-state index in [2.05, 4.69) is 23.7 Å². The minimum atomic E-state index is 0.515. The van der Waals surface area contributed by atoms with Crippen molar-refractivity contribution in [2.75, 3.05) is 17.2 Å². The molecule has 1 aliphatic carbocycles. The zero-order valence-corrected chi connectivity index (χ0v) is 9.55. The molecular weight excluding hydrogens is 194 g/mol. The standard InChI is InChI=1S/C10H17N3S/c1-7(2)13(6-8-3-4-8)10-12-5-9(11)14-10/h5,7-8H,3-4,6,11H2,1-2H3. The minimum Gasteiger partial charge on any atom is -0.389 e. The number of nitrogens with two attached hydrogens (primary N) is 1. The molecule has 1 aromatic rings. The van der Waals surface area contributed by atoms with Gasteiger partial charge in [-0.05, 0) is 32.6 Å². The number of hydrogen-bond acceptors (Lipinski definition) is 4. The van der Waals surface area contributed by atoms with Crippen LogP contribution in [0, 0.1) is 5.92 Å². The average Bonchev–Trinajstić information content (AvgIpc) is 2.84. The number of rotatable bonds is 4. The summed E-state index contributed by atoms with van der Waals surface area (Å²) in [5, 5.41) is 1.88. The van der Waals surface area contributed by atoms with Crippen molar-refractivity contribution in [3.05, 3.63) is 6.20 Å². The van der Waals surface area contributed by atoms with Crippen LogP contribution in [0.1, 0.15) is 26.7 Å². The summed E-state index contributed by atoms with van der Waals surface area (Å²) in [6, 6.07) is 0.515. The van der Waals surface area contributed by atoms with Gasteiger partial charge in [-0.1, -0.05) is 11.3 Å². The van der Waals surface area contributed by atoms with Crippen LogP contribution in [0.2, 0.25) is 0 Å². The van der Waals surface area contributed by atoms with E-state index in [4.69, 9.17) is 5.73 Å². The summed E-state index contributed by atoms with van der Waals surface area (Å²) < 4.78 is 0. The van der Waals surface area contributed by atoms with E-state index in [0.29, 0.717) is 6.04 Å². The van der Waals surface area contributed by atoms with Gasteiger partial charge in [-0.25, -0.2) is 4.98 Å². The van der Waals surface area contributed by atoms with Crippen LogP contribution in [-0.2, 0) is 0 Å². The molecule has 1 fully saturated rings. The summed E-state index contributed by atoms with van der Waals surface area (Å²) in [6.07, 6.45) is 4.51. The Bertz CT molecular complexity index is 304. The Kier molecular flexibility index (Phi) is 2.63. The Hall–Kier alpha value is -0.770. The van der Waals surface area contributed by atoms with Crippen molar-refractivity contribution in [1.82, 2.24) is 4.98 Å². The van der Waals surface area contributed by atoms with Crippen molar-refractivity contribution in [1.29, 1.82) is 0 Å². The summed E-state index contributed by atoms with van der Waals surface area (Å²) in [5.74, 6) is 0.891. The van der Waals surface area contributed by atoms with Crippen molar-refractivity contribution in [3.63, 3.8) is 0 Å². The molecule has 0 saturated heterocycles. The molecule has 0 spiro atoms. The lowest BCUT2D eigenvalue weighted by molar-refractivity contribution is 0.643. The summed E-state index contributed by atoms with van der Waals surface area (Å²) in [4.78, 5) is 6.70. The summed E-state index contributed by atoms with van der Waals surface area (Å²) >= 11 is 1.59. The molecule has 0 aromatic carbocycles. The number of nitrogens with zero attached hydrogens (tertiary/aromatic N) is 2. The van der Waals surface area contributed by atoms with Gasteiger partial charge in [0.05, 0.1) is 6.20 Å². The molecule has 0 amide bonds. The molecule has 2 rings (SSSR count). The quantitative estimate of drug-likeness (QED) is 0.831. The predicted molar refractivity (Wildman–Crippen MR) is 61.7 cm³/mol. The molecule has 0 bridgehead atoms. The number of anilines is 2. The van der Waals surface area contributed by atoms with E-state index < -0.39 is 0 Å². The SMILES string of the molecule is CC(C)N(CC1CC1)c1ncc(N)s1. The Labute approximate surface area is 88.9 Å². The second-order valence-corrected chi connectivity index (χ2v) is 5.28. The normalized spacial score (nSPS) is 16.2. The Morgan fingerprint density at radius 3 is 2.79 bits per heavy atom. The number of thiazole rings is 1. The van der Waals surface area contributed by atoms with Crippen molar-refractivity contribution < 1.29 is 0 Å². The van der Waals surface area contributed by atoms with E-state index in [1.165, 1.54) is 12.8 Å². The van der Waals surface area contributed by atoms with Crippen LogP contribution in [0.4, 0.5) is 10.1 Å². The monoisotopic (exact) mass is 211 g/mol. The highest BCUT2D eigenvalue weighted by Gasteiger charge is 2.26. The fourth-order valence-electron chi connectivity index (χ4n) is 1.50. The molecule has 4 heteroatoms. The zero-order valence-electron chi connectivity index (χ0n) is 8.73. The first kappa shape index (κ1) is 9.77. The first-order valence-electron chi connectivity index (χ1n) is 5.14. The van der Waals surface area contributed by atoms with Gasteiger partial charge >= 0.3 is 0 Å². The predicted octanol–water partition coefficient (Wildman–Crippen LogP) is 2.35. The highest BCUT2D eigenvalue weighted by Crippen LogP contribution is 2.34. The van der Waals surface area contributed by atoms with Crippen LogP contribution < -0.4 is 10.6 Å². The van der Waals surface area contributed by atoms with Crippen LogP contribution in [0.5, 0.6) is 0 Å². The Balaban J connectivity index is 2.08. The zero-order chi connectivity index (χ0) is 10.1. The molecule has 0 atom stereocenters. The van der Waals surface area contributed by atoms with Crippen LogP contribution in [0.3, 0.4) is 0 Å². The van der Waals surface area contributed by atoms with E-state index in [0.717, 1.165) is 22.6 Å². The maximum atomic E-state index is 5.69. The van der Waals surface area contributed by atoms with Crippen LogP contribution in [0.25, 0.3) is 0 Å². The topological polar surface area (TPSA) is 42.2 Å². The molecule has 1 aromatic heterocycles. The third kappa shape index (κ3) is 2.18. The third-order valence-corrected chi connectivity index (χ3v) is 3.40. The highest BCUT2D eigenvalue weighted by atomic mass is 32.1. The smallest absolute Gasteiger partial charge is 0.187 e. The average molecular weight is 211 g/mol. The van der Waals surface area contributed by atoms with E-state index in [9.17, 15) is 0 Å². The van der Waals surface area contributed by atoms with Crippen LogP contribution in [0.15, 0.2) is 6.20 Å². The van der Waals surface area contributed by atoms with Gasteiger partial charge in [-0.3, -0.25) is 0 Å². The molecule has 0 unspecified atom stereocenters. The molecule has 0 aliphatic heterocycles. The van der Waals surface area contributed by atoms with E-state index >= 15 is 0 Å². The first-order valence-corrected chi connectivity index (χ1v) is 5.96. The van der Waals surface area contributed by atoms with Gasteiger partial charge in [0.25, 0.3) is 0 Å². The van der Waals surface area contributed by atoms with E-state index in [1.807, 2.05) is 0 Å². The summed E-state index contributed by atoms with van der Waals surface area (Å²) in [5.41, 5.74) is 5.69. The number of nitrogen functional groups attached to an aromatic ring is 1. The maximum absolute atomic E-state index is 5.69. The van der Waals surface area contributed by atoms with Crippen molar-refractivity contribution in [3.8, 4) is 0 Å². The molecule has 1 heterocycles. The summed E-state index contributed by atoms with van der Waals surface area (Å²) in [6.45, 7) is 5.56. The van der Waals surface area contributed by atoms with Gasteiger partial charge < -0.3 is 10.6 Å². The minimum absolute atomic E-state index is 0.515. The van der Waals surface area contributed by atoms with Gasteiger partial charge in [-0.2, -0.15) is 0 Å². The van der Waals surface area contributed by atoms with Crippen LogP contribution in [-0.4, -0.2) is 17.6 Å². The number of aromatic nitrogens is 1. The molecule has 14 heavy (non-hydrogen) atoms. The molecule has 0 radical (unpaired) electrons. The van der Waals surface area contributed by atoms with Gasteiger partial charge in [0.15, 0.2) is 5.13 Å². The summed E-state index contributed by atoms with van der Waals surface area (Å²) in [7, 11) is 0. The van der Waals surface area contributed by atoms with Crippen molar-refractivity contribution in [2.24, 2.45) is 5.92 Å². The Morgan fingerprint density at radius 2 is 2.36 bits per heavy atom. The van der Waals surface area contributed by atoms with Crippen molar-refractivity contribution >= 4 is 21.5 Å². The fourth-order valence-corrected chi connectivity index (χ4v) is 2.32. The third-order valence-electron chi connectivity index (χ3n) is 2.53. The second kappa shape index (κ2) is 3.77. The molecule has 3 nitrogen and oxygen atoms in total. The Morgan fingerprint density at radius 1 is 1.64 bits per heavy atom. The van der Waals surface area contributed by atoms with Crippen LogP contribution >= 0.6 is 11.3 Å². The van der Waals surface area contributed by atoms with E-state index in [-0.39, 0.29) is 0 Å². The molecule has 2 N–H and O–H groups in total. The van der Waals surface area contributed by atoms with E-state index in [1.54, 1.807) is 17.5 Å². The molecular formula is C10H17N3S. The maximum Gasteiger partial charge on any atom is 0.187 e. The lowest BCUT2D eigenvalue weighted by Gasteiger charge is -2.25. The molecule has 1 aliphatic rings.